The van der Waals surface area contributed by atoms with Gasteiger partial charge in [0.25, 0.3) is 0 Å². The van der Waals surface area contributed by atoms with Gasteiger partial charge in [0.05, 0.1) is 25.8 Å². The predicted molar refractivity (Wildman–Crippen MR) is 102 cm³/mol. The van der Waals surface area contributed by atoms with E-state index in [4.69, 9.17) is 9.47 Å². The Kier molecular flexibility index (Phi) is 6.60. The number of nitrogens with one attached hydrogen (secondary N) is 2. The van der Waals surface area contributed by atoms with Crippen molar-refractivity contribution in [3.8, 4) is 11.5 Å². The second-order valence-electron chi connectivity index (χ2n) is 6.01. The molecule has 0 aliphatic rings. The largest absolute Gasteiger partial charge is 0.495 e. The summed E-state index contributed by atoms with van der Waals surface area (Å²) in [5.41, 5.74) is 3.21. The summed E-state index contributed by atoms with van der Waals surface area (Å²) in [6, 6.07) is 11.0. The lowest BCUT2D eigenvalue weighted by Crippen LogP contribution is -2.16. The number of hydrogen-bond donors (Lipinski definition) is 2. The van der Waals surface area contributed by atoms with Crippen molar-refractivity contribution >= 4 is 23.2 Å². The molecule has 6 heteroatoms. The number of amides is 2. The van der Waals surface area contributed by atoms with Crippen LogP contribution >= 0.6 is 0 Å². The van der Waals surface area contributed by atoms with Crippen LogP contribution < -0.4 is 20.1 Å². The number of methoxy groups -OCH3 is 1. The normalized spacial score (nSPS) is 10.2. The first-order chi connectivity index (χ1) is 12.4. The molecular weight excluding hydrogens is 332 g/mol. The van der Waals surface area contributed by atoms with Crippen molar-refractivity contribution in [1.82, 2.24) is 0 Å². The quantitative estimate of drug-likeness (QED) is 0.793. The third-order valence-electron chi connectivity index (χ3n) is 3.72. The number of hydrogen-bond acceptors (Lipinski definition) is 4. The summed E-state index contributed by atoms with van der Waals surface area (Å²) in [4.78, 5) is 23.4. The van der Waals surface area contributed by atoms with Gasteiger partial charge in [-0.1, -0.05) is 12.1 Å². The first kappa shape index (κ1) is 19.3. The number of aryl methyl sites for hydroxylation is 2. The van der Waals surface area contributed by atoms with Crippen LogP contribution in [0.1, 0.15) is 24.5 Å². The Labute approximate surface area is 153 Å². The molecular formula is C20H24N2O4. The highest BCUT2D eigenvalue weighted by Crippen LogP contribution is 2.28. The van der Waals surface area contributed by atoms with Crippen molar-refractivity contribution in [2.24, 2.45) is 0 Å². The van der Waals surface area contributed by atoms with Gasteiger partial charge in [-0.25, -0.2) is 0 Å². The monoisotopic (exact) mass is 356 g/mol. The van der Waals surface area contributed by atoms with Crippen LogP contribution in [0, 0.1) is 13.8 Å². The summed E-state index contributed by atoms with van der Waals surface area (Å²) in [6.45, 7) is 5.65. The summed E-state index contributed by atoms with van der Waals surface area (Å²) < 4.78 is 11.0. The zero-order valence-corrected chi connectivity index (χ0v) is 15.5. The highest BCUT2D eigenvalue weighted by atomic mass is 16.5. The van der Waals surface area contributed by atoms with Crippen molar-refractivity contribution in [3.63, 3.8) is 0 Å². The van der Waals surface area contributed by atoms with Crippen molar-refractivity contribution in [1.29, 1.82) is 0 Å². The van der Waals surface area contributed by atoms with Crippen molar-refractivity contribution < 1.29 is 19.1 Å². The lowest BCUT2D eigenvalue weighted by molar-refractivity contribution is -0.116. The number of anilines is 2. The second-order valence-corrected chi connectivity index (χ2v) is 6.01. The van der Waals surface area contributed by atoms with Crippen molar-refractivity contribution in [2.75, 3.05) is 24.4 Å². The van der Waals surface area contributed by atoms with Gasteiger partial charge in [-0.2, -0.15) is 0 Å². The molecule has 2 aromatic rings. The number of carbonyl (C=O) groups is 2. The number of benzene rings is 2. The molecule has 0 aromatic heterocycles. The first-order valence-electron chi connectivity index (χ1n) is 8.34. The molecule has 0 radical (unpaired) electrons. The van der Waals surface area contributed by atoms with Crippen LogP contribution in [0.25, 0.3) is 0 Å². The fourth-order valence-corrected chi connectivity index (χ4v) is 2.42. The molecule has 2 N–H and O–H groups in total. The van der Waals surface area contributed by atoms with E-state index in [1.54, 1.807) is 18.2 Å². The molecule has 0 saturated heterocycles. The molecule has 2 amide bonds. The molecule has 26 heavy (non-hydrogen) atoms. The van der Waals surface area contributed by atoms with E-state index >= 15 is 0 Å². The highest BCUT2D eigenvalue weighted by molar-refractivity contribution is 5.95. The molecule has 0 bridgehead atoms. The molecule has 0 spiro atoms. The topological polar surface area (TPSA) is 76.7 Å². The minimum atomic E-state index is -0.200. The smallest absolute Gasteiger partial charge is 0.227 e. The molecule has 0 unspecified atom stereocenters. The van der Waals surface area contributed by atoms with Crippen LogP contribution in [0.3, 0.4) is 0 Å². The van der Waals surface area contributed by atoms with Crippen molar-refractivity contribution in [3.05, 3.63) is 47.5 Å². The maximum atomic E-state index is 12.2. The Balaban J connectivity index is 1.96. The summed E-state index contributed by atoms with van der Waals surface area (Å²) in [6.07, 6.45) is 0.195. The lowest BCUT2D eigenvalue weighted by Gasteiger charge is -2.13. The molecule has 6 nitrogen and oxygen atoms in total. The van der Waals surface area contributed by atoms with Gasteiger partial charge in [0, 0.05) is 12.6 Å². The van der Waals surface area contributed by atoms with Crippen LogP contribution in [0.2, 0.25) is 0 Å². The van der Waals surface area contributed by atoms with Gasteiger partial charge in [0.15, 0.2) is 0 Å². The van der Waals surface area contributed by atoms with Gasteiger partial charge in [-0.3, -0.25) is 9.59 Å². The van der Waals surface area contributed by atoms with Gasteiger partial charge in [-0.05, 0) is 49.2 Å². The zero-order valence-electron chi connectivity index (χ0n) is 15.5. The van der Waals surface area contributed by atoms with E-state index in [0.717, 1.165) is 16.9 Å². The van der Waals surface area contributed by atoms with Crippen LogP contribution in [-0.4, -0.2) is 25.5 Å². The lowest BCUT2D eigenvalue weighted by atomic mass is 10.1. The van der Waals surface area contributed by atoms with Gasteiger partial charge >= 0.3 is 0 Å². The number of ether oxygens (including phenoxy) is 2. The van der Waals surface area contributed by atoms with E-state index in [-0.39, 0.29) is 24.8 Å². The van der Waals surface area contributed by atoms with E-state index in [9.17, 15) is 9.59 Å². The molecule has 0 heterocycles. The van der Waals surface area contributed by atoms with Gasteiger partial charge < -0.3 is 20.1 Å². The van der Waals surface area contributed by atoms with Crippen LogP contribution in [0.4, 0.5) is 11.4 Å². The third-order valence-corrected chi connectivity index (χ3v) is 3.72. The highest BCUT2D eigenvalue weighted by Gasteiger charge is 2.10. The van der Waals surface area contributed by atoms with Crippen LogP contribution in [-0.2, 0) is 9.59 Å². The maximum Gasteiger partial charge on any atom is 0.227 e. The van der Waals surface area contributed by atoms with Gasteiger partial charge in [0.2, 0.25) is 11.8 Å². The Bertz CT molecular complexity index is 802. The minimum absolute atomic E-state index is 0.186. The van der Waals surface area contributed by atoms with Gasteiger partial charge in [0.1, 0.15) is 11.5 Å². The van der Waals surface area contributed by atoms with Crippen molar-refractivity contribution in [2.45, 2.75) is 27.2 Å². The standard InChI is InChI=1S/C20H24N2O4/c1-13-5-6-14(2)19(11-13)26-10-9-20(24)22-17-12-16(21-15(3)23)7-8-18(17)25-4/h5-8,11-12H,9-10H2,1-4H3,(H,21,23)(H,22,24). The van der Waals surface area contributed by atoms with E-state index in [0.29, 0.717) is 17.1 Å². The number of carbonyl (C=O) groups excluding carboxylic acids is 2. The van der Waals surface area contributed by atoms with E-state index in [2.05, 4.69) is 10.6 Å². The fraction of sp³-hybridized carbons (Fsp3) is 0.300. The molecule has 138 valence electrons. The second kappa shape index (κ2) is 8.89. The summed E-state index contributed by atoms with van der Waals surface area (Å²) in [5, 5.41) is 5.47. The van der Waals surface area contributed by atoms with E-state index < -0.39 is 0 Å². The molecule has 0 atom stereocenters. The average molecular weight is 356 g/mol. The minimum Gasteiger partial charge on any atom is -0.495 e. The van der Waals surface area contributed by atoms with E-state index in [1.165, 1.54) is 14.0 Å². The number of rotatable bonds is 7. The summed E-state index contributed by atoms with van der Waals surface area (Å²) in [7, 11) is 1.52. The fourth-order valence-electron chi connectivity index (χ4n) is 2.42. The van der Waals surface area contributed by atoms with Gasteiger partial charge in [-0.15, -0.1) is 0 Å². The summed E-state index contributed by atoms with van der Waals surface area (Å²) >= 11 is 0. The Morgan fingerprint density at radius 3 is 2.46 bits per heavy atom. The van der Waals surface area contributed by atoms with E-state index in [1.807, 2.05) is 32.0 Å². The molecule has 0 fully saturated rings. The SMILES string of the molecule is COc1ccc(NC(C)=O)cc1NC(=O)CCOc1cc(C)ccc1C. The average Bonchev–Trinajstić information content (AvgIpc) is 2.57. The zero-order chi connectivity index (χ0) is 19.1. The third kappa shape index (κ3) is 5.51. The maximum absolute atomic E-state index is 12.2. The molecule has 0 saturated carbocycles. The first-order valence-corrected chi connectivity index (χ1v) is 8.34. The molecule has 2 aromatic carbocycles. The molecule has 0 aliphatic carbocycles. The summed E-state index contributed by atoms with van der Waals surface area (Å²) in [5.74, 6) is 0.911. The Morgan fingerprint density at radius 1 is 1.00 bits per heavy atom. The molecule has 2 rings (SSSR count). The molecule has 0 aliphatic heterocycles. The Hall–Kier alpha value is -3.02. The van der Waals surface area contributed by atoms with Crippen LogP contribution in [0.15, 0.2) is 36.4 Å². The predicted octanol–water partition coefficient (Wildman–Crippen LogP) is 3.68. The Morgan fingerprint density at radius 2 is 1.77 bits per heavy atom. The van der Waals surface area contributed by atoms with Crippen LogP contribution in [0.5, 0.6) is 11.5 Å².